The molecule has 1 saturated carbocycles. The van der Waals surface area contributed by atoms with Crippen LogP contribution in [0.15, 0.2) is 0 Å². The van der Waals surface area contributed by atoms with Gasteiger partial charge in [-0.3, -0.25) is 0 Å². The van der Waals surface area contributed by atoms with Gasteiger partial charge in [0.05, 0.1) is 0 Å². The number of methoxy groups -OCH3 is 1. The Hall–Kier alpha value is -0.160. The van der Waals surface area contributed by atoms with Crippen LogP contribution in [0, 0.1) is 5.92 Å². The molecule has 4 heteroatoms. The highest BCUT2D eigenvalue weighted by molar-refractivity contribution is 4.99. The van der Waals surface area contributed by atoms with Gasteiger partial charge in [0, 0.05) is 13.5 Å². The molecule has 4 nitrogen and oxygen atoms in total. The summed E-state index contributed by atoms with van der Waals surface area (Å²) < 4.78 is 11.4. The smallest absolute Gasteiger partial charge is 0.201 e. The number of fused-ring (bicyclic) bond motifs is 3. The second kappa shape index (κ2) is 3.67. The molecule has 92 valence electrons. The van der Waals surface area contributed by atoms with Crippen LogP contribution < -0.4 is 0 Å². The van der Waals surface area contributed by atoms with Gasteiger partial charge in [-0.1, -0.05) is 12.8 Å². The quantitative estimate of drug-likeness (QED) is 0.646. The topological polar surface area (TPSA) is 36.9 Å². The van der Waals surface area contributed by atoms with Crippen LogP contribution in [0.5, 0.6) is 0 Å². The van der Waals surface area contributed by atoms with Gasteiger partial charge in [-0.2, -0.15) is 0 Å². The van der Waals surface area contributed by atoms with Gasteiger partial charge >= 0.3 is 0 Å². The Morgan fingerprint density at radius 1 is 1.12 bits per heavy atom. The molecule has 3 heterocycles. The van der Waals surface area contributed by atoms with E-state index in [2.05, 4.69) is 0 Å². The fraction of sp³-hybridized carbons (Fsp3) is 1.00. The van der Waals surface area contributed by atoms with Crippen molar-refractivity contribution in [3.8, 4) is 0 Å². The largest absolute Gasteiger partial charge is 0.353 e. The number of hydrogen-bond donors (Lipinski definition) is 0. The summed E-state index contributed by atoms with van der Waals surface area (Å²) in [5.41, 5.74) is -0.358. The molecule has 3 saturated heterocycles. The van der Waals surface area contributed by atoms with Gasteiger partial charge in [0.1, 0.15) is 0 Å². The van der Waals surface area contributed by atoms with Crippen LogP contribution in [0.3, 0.4) is 0 Å². The molecule has 0 amide bonds. The third-order valence-electron chi connectivity index (χ3n) is 4.35. The van der Waals surface area contributed by atoms with Gasteiger partial charge in [-0.05, 0) is 32.1 Å². The molecule has 0 aromatic rings. The van der Waals surface area contributed by atoms with Crippen molar-refractivity contribution in [3.63, 3.8) is 0 Å². The molecule has 4 fully saturated rings. The number of hydrogen-bond acceptors (Lipinski definition) is 4. The SMILES string of the molecule is CO[C@H]1O[C@]2(C)CC[C@H]3CCCC[C@]31OO2. The Balaban J connectivity index is 1.96. The minimum atomic E-state index is -0.622. The van der Waals surface area contributed by atoms with Crippen LogP contribution in [-0.4, -0.2) is 24.8 Å². The zero-order chi connectivity index (χ0) is 11.2. The van der Waals surface area contributed by atoms with E-state index >= 15 is 0 Å². The molecule has 4 atom stereocenters. The Bertz CT molecular complexity index is 278. The van der Waals surface area contributed by atoms with Crippen molar-refractivity contribution < 1.29 is 19.2 Å². The lowest BCUT2D eigenvalue weighted by Gasteiger charge is -2.48. The van der Waals surface area contributed by atoms with Crippen LogP contribution in [0.2, 0.25) is 0 Å². The van der Waals surface area contributed by atoms with E-state index in [1.54, 1.807) is 7.11 Å². The van der Waals surface area contributed by atoms with Crippen LogP contribution in [0.1, 0.15) is 45.4 Å². The predicted molar refractivity (Wildman–Crippen MR) is 56.4 cm³/mol. The maximum Gasteiger partial charge on any atom is 0.201 e. The van der Waals surface area contributed by atoms with Gasteiger partial charge in [0.25, 0.3) is 0 Å². The van der Waals surface area contributed by atoms with Crippen molar-refractivity contribution in [1.29, 1.82) is 0 Å². The molecule has 0 aromatic carbocycles. The highest BCUT2D eigenvalue weighted by Crippen LogP contribution is 2.51. The zero-order valence-corrected chi connectivity index (χ0v) is 10.0. The minimum Gasteiger partial charge on any atom is -0.353 e. The average molecular weight is 228 g/mol. The van der Waals surface area contributed by atoms with Gasteiger partial charge in [0.2, 0.25) is 5.79 Å². The fourth-order valence-electron chi connectivity index (χ4n) is 3.38. The first-order valence-electron chi connectivity index (χ1n) is 6.26. The van der Waals surface area contributed by atoms with E-state index < -0.39 is 5.79 Å². The molecule has 1 spiro atoms. The first-order chi connectivity index (χ1) is 7.69. The molecule has 4 rings (SSSR count). The normalized spacial score (nSPS) is 52.1. The maximum absolute atomic E-state index is 5.94. The van der Waals surface area contributed by atoms with Crippen molar-refractivity contribution in [2.24, 2.45) is 5.92 Å². The lowest BCUT2D eigenvalue weighted by atomic mass is 9.73. The van der Waals surface area contributed by atoms with E-state index in [0.717, 1.165) is 19.3 Å². The Labute approximate surface area is 96.1 Å². The third-order valence-corrected chi connectivity index (χ3v) is 4.35. The lowest BCUT2D eigenvalue weighted by Crippen LogP contribution is -2.59. The molecule has 2 bridgehead atoms. The first kappa shape index (κ1) is 11.0. The van der Waals surface area contributed by atoms with Crippen LogP contribution in [-0.2, 0) is 19.2 Å². The molecule has 0 aromatic heterocycles. The van der Waals surface area contributed by atoms with Gasteiger partial charge in [-0.25, -0.2) is 9.78 Å². The molecule has 16 heavy (non-hydrogen) atoms. The monoisotopic (exact) mass is 228 g/mol. The van der Waals surface area contributed by atoms with E-state index in [-0.39, 0.29) is 11.9 Å². The average Bonchev–Trinajstić information content (AvgIpc) is 2.53. The molecule has 0 unspecified atom stereocenters. The summed E-state index contributed by atoms with van der Waals surface area (Å²) in [5.74, 6) is -0.112. The van der Waals surface area contributed by atoms with E-state index in [4.69, 9.17) is 19.2 Å². The van der Waals surface area contributed by atoms with Crippen molar-refractivity contribution in [2.75, 3.05) is 7.11 Å². The Morgan fingerprint density at radius 3 is 2.81 bits per heavy atom. The van der Waals surface area contributed by atoms with Crippen LogP contribution in [0.25, 0.3) is 0 Å². The fourth-order valence-corrected chi connectivity index (χ4v) is 3.38. The number of ether oxygens (including phenoxy) is 2. The van der Waals surface area contributed by atoms with Crippen molar-refractivity contribution >= 4 is 0 Å². The molecule has 0 N–H and O–H groups in total. The summed E-state index contributed by atoms with van der Waals surface area (Å²) in [7, 11) is 1.69. The summed E-state index contributed by atoms with van der Waals surface area (Å²) in [4.78, 5) is 11.2. The Kier molecular flexibility index (Phi) is 2.51. The van der Waals surface area contributed by atoms with Gasteiger partial charge in [0.15, 0.2) is 11.9 Å². The highest BCUT2D eigenvalue weighted by Gasteiger charge is 2.59. The second-order valence-corrected chi connectivity index (χ2v) is 5.42. The standard InChI is InChI=1S/C12H20O4/c1-11-8-6-9-5-3-4-7-12(9,16-15-11)10(13-2)14-11/h9-10H,3-8H2,1-2H3/t9-,10+,11+,12+/m1/s1. The summed E-state index contributed by atoms with van der Waals surface area (Å²) in [5, 5.41) is 0. The summed E-state index contributed by atoms with van der Waals surface area (Å²) in [6.07, 6.45) is 6.34. The van der Waals surface area contributed by atoms with Gasteiger partial charge < -0.3 is 9.47 Å². The zero-order valence-electron chi connectivity index (χ0n) is 10.0. The minimum absolute atomic E-state index is 0.279. The van der Waals surface area contributed by atoms with Crippen LogP contribution in [0.4, 0.5) is 0 Å². The van der Waals surface area contributed by atoms with Crippen molar-refractivity contribution in [2.45, 2.75) is 63.1 Å². The molecule has 0 radical (unpaired) electrons. The molecule has 1 aliphatic carbocycles. The molecule has 4 aliphatic rings. The third kappa shape index (κ3) is 1.44. The highest BCUT2D eigenvalue weighted by atomic mass is 17.3. The maximum atomic E-state index is 5.94. The summed E-state index contributed by atoms with van der Waals surface area (Å²) >= 11 is 0. The van der Waals surface area contributed by atoms with Crippen molar-refractivity contribution in [1.82, 2.24) is 0 Å². The van der Waals surface area contributed by atoms with E-state index in [0.29, 0.717) is 5.92 Å². The predicted octanol–water partition coefficient (Wildman–Crippen LogP) is 2.38. The summed E-state index contributed by atoms with van der Waals surface area (Å²) in [6, 6.07) is 0. The van der Waals surface area contributed by atoms with Crippen molar-refractivity contribution in [3.05, 3.63) is 0 Å². The first-order valence-corrected chi connectivity index (χ1v) is 6.26. The van der Waals surface area contributed by atoms with E-state index in [1.807, 2.05) is 6.92 Å². The Morgan fingerprint density at radius 2 is 2.00 bits per heavy atom. The summed E-state index contributed by atoms with van der Waals surface area (Å²) in [6.45, 7) is 1.93. The molecular formula is C12H20O4. The van der Waals surface area contributed by atoms with Gasteiger partial charge in [-0.15, -0.1) is 0 Å². The lowest BCUT2D eigenvalue weighted by molar-refractivity contribution is -0.547. The van der Waals surface area contributed by atoms with E-state index in [1.165, 1.54) is 19.3 Å². The van der Waals surface area contributed by atoms with Crippen LogP contribution >= 0.6 is 0 Å². The molecule has 3 aliphatic heterocycles. The van der Waals surface area contributed by atoms with E-state index in [9.17, 15) is 0 Å². The number of rotatable bonds is 1. The molecular weight excluding hydrogens is 208 g/mol. The second-order valence-electron chi connectivity index (χ2n) is 5.42.